The number of hydrogen-bond acceptors (Lipinski definition) is 5. The molecule has 1 aliphatic heterocycles. The van der Waals surface area contributed by atoms with Gasteiger partial charge in [-0.2, -0.15) is 0 Å². The van der Waals surface area contributed by atoms with Gasteiger partial charge in [-0.25, -0.2) is 4.79 Å². The van der Waals surface area contributed by atoms with Gasteiger partial charge in [0.05, 0.1) is 11.0 Å². The topological polar surface area (TPSA) is 104 Å². The van der Waals surface area contributed by atoms with E-state index in [1.807, 2.05) is 11.8 Å². The fraction of sp³-hybridized carbons (Fsp3) is 0.462. The third kappa shape index (κ3) is 2.72. The first-order valence-electron chi connectivity index (χ1n) is 6.35. The second-order valence-corrected chi connectivity index (χ2v) is 5.04. The van der Waals surface area contributed by atoms with Crippen LogP contribution in [0.4, 0.5) is 11.4 Å². The number of benzene rings is 1. The summed E-state index contributed by atoms with van der Waals surface area (Å²) in [4.78, 5) is 23.2. The largest absolute Gasteiger partial charge is 0.477 e. The molecule has 2 rings (SSSR count). The number of piperidine rings is 1. The van der Waals surface area contributed by atoms with Crippen molar-refractivity contribution < 1.29 is 19.9 Å². The molecule has 0 spiro atoms. The maximum absolute atomic E-state index is 11.1. The monoisotopic (exact) mass is 280 g/mol. The van der Waals surface area contributed by atoms with Crippen LogP contribution in [-0.2, 0) is 0 Å². The van der Waals surface area contributed by atoms with E-state index in [1.54, 1.807) is 6.07 Å². The molecule has 0 aliphatic carbocycles. The fourth-order valence-electron chi connectivity index (χ4n) is 2.42. The molecular weight excluding hydrogens is 264 g/mol. The predicted molar refractivity (Wildman–Crippen MR) is 72.1 cm³/mol. The third-order valence-electron chi connectivity index (χ3n) is 3.63. The molecule has 20 heavy (non-hydrogen) atoms. The summed E-state index contributed by atoms with van der Waals surface area (Å²) in [6.07, 6.45) is 0.240. The summed E-state index contributed by atoms with van der Waals surface area (Å²) in [6.45, 7) is 3.11. The van der Waals surface area contributed by atoms with Gasteiger partial charge in [-0.05, 0) is 24.5 Å². The number of rotatable bonds is 3. The number of aromatic carboxylic acids is 1. The van der Waals surface area contributed by atoms with Crippen LogP contribution in [0.2, 0.25) is 0 Å². The Morgan fingerprint density at radius 3 is 2.75 bits per heavy atom. The van der Waals surface area contributed by atoms with E-state index in [4.69, 9.17) is 5.11 Å². The highest BCUT2D eigenvalue weighted by atomic mass is 16.6. The van der Waals surface area contributed by atoms with Crippen LogP contribution in [0.3, 0.4) is 0 Å². The molecule has 1 aliphatic rings. The minimum atomic E-state index is -1.32. The average Bonchev–Trinajstić information content (AvgIpc) is 2.41. The molecule has 0 aromatic heterocycles. The first-order valence-corrected chi connectivity index (χ1v) is 6.35. The minimum absolute atomic E-state index is 0.0761. The van der Waals surface area contributed by atoms with Crippen molar-refractivity contribution in [1.29, 1.82) is 0 Å². The highest BCUT2D eigenvalue weighted by molar-refractivity contribution is 5.93. The Bertz CT molecular complexity index is 546. The predicted octanol–water partition coefficient (Wildman–Crippen LogP) is 1.50. The van der Waals surface area contributed by atoms with E-state index < -0.39 is 16.6 Å². The van der Waals surface area contributed by atoms with Gasteiger partial charge in [0, 0.05) is 24.8 Å². The highest BCUT2D eigenvalue weighted by Crippen LogP contribution is 2.28. The zero-order valence-electron chi connectivity index (χ0n) is 11.0. The van der Waals surface area contributed by atoms with E-state index in [0.717, 1.165) is 0 Å². The van der Waals surface area contributed by atoms with Gasteiger partial charge in [-0.15, -0.1) is 0 Å². The summed E-state index contributed by atoms with van der Waals surface area (Å²) in [5.74, 6) is -1.24. The van der Waals surface area contributed by atoms with E-state index in [0.29, 0.717) is 25.2 Å². The first kappa shape index (κ1) is 14.3. The molecule has 2 N–H and O–H groups in total. The van der Waals surface area contributed by atoms with Crippen LogP contribution in [-0.4, -0.2) is 40.3 Å². The number of nitro groups is 1. The van der Waals surface area contributed by atoms with Crippen molar-refractivity contribution in [2.45, 2.75) is 19.4 Å². The smallest absolute Gasteiger partial charge is 0.342 e. The number of carboxylic acids is 1. The lowest BCUT2D eigenvalue weighted by atomic mass is 9.96. The summed E-state index contributed by atoms with van der Waals surface area (Å²) in [7, 11) is 0. The van der Waals surface area contributed by atoms with Gasteiger partial charge in [0.15, 0.2) is 0 Å². The molecule has 0 saturated carbocycles. The van der Waals surface area contributed by atoms with E-state index in [-0.39, 0.29) is 17.6 Å². The molecule has 7 heteroatoms. The molecule has 7 nitrogen and oxygen atoms in total. The van der Waals surface area contributed by atoms with E-state index >= 15 is 0 Å². The number of nitrogens with zero attached hydrogens (tertiary/aromatic N) is 2. The summed E-state index contributed by atoms with van der Waals surface area (Å²) < 4.78 is 0. The summed E-state index contributed by atoms with van der Waals surface area (Å²) in [6, 6.07) is 4.09. The maximum Gasteiger partial charge on any atom is 0.342 e. The molecule has 2 unspecified atom stereocenters. The minimum Gasteiger partial charge on any atom is -0.477 e. The van der Waals surface area contributed by atoms with Crippen molar-refractivity contribution >= 4 is 17.3 Å². The van der Waals surface area contributed by atoms with Crippen molar-refractivity contribution in [3.05, 3.63) is 33.9 Å². The Labute approximate surface area is 115 Å². The number of carbonyl (C=O) groups is 1. The van der Waals surface area contributed by atoms with Crippen LogP contribution in [0, 0.1) is 16.0 Å². The maximum atomic E-state index is 11.1. The lowest BCUT2D eigenvalue weighted by Crippen LogP contribution is -2.42. The molecule has 108 valence electrons. The summed E-state index contributed by atoms with van der Waals surface area (Å²) in [5.41, 5.74) is -0.0932. The van der Waals surface area contributed by atoms with Gasteiger partial charge in [-0.3, -0.25) is 10.1 Å². The van der Waals surface area contributed by atoms with Gasteiger partial charge in [0.1, 0.15) is 5.56 Å². The average molecular weight is 280 g/mol. The number of nitro benzene ring substituents is 1. The van der Waals surface area contributed by atoms with Crippen LogP contribution in [0.5, 0.6) is 0 Å². The van der Waals surface area contributed by atoms with Gasteiger partial charge >= 0.3 is 5.97 Å². The zero-order valence-corrected chi connectivity index (χ0v) is 11.0. The van der Waals surface area contributed by atoms with E-state index in [1.165, 1.54) is 12.1 Å². The van der Waals surface area contributed by atoms with Gasteiger partial charge in [0.2, 0.25) is 0 Å². The van der Waals surface area contributed by atoms with Crippen LogP contribution >= 0.6 is 0 Å². The van der Waals surface area contributed by atoms with Crippen molar-refractivity contribution in [1.82, 2.24) is 0 Å². The molecule has 1 fully saturated rings. The van der Waals surface area contributed by atoms with E-state index in [2.05, 4.69) is 0 Å². The molecule has 0 amide bonds. The number of anilines is 1. The Balaban J connectivity index is 2.32. The molecule has 0 radical (unpaired) electrons. The molecule has 0 bridgehead atoms. The molecule has 1 aromatic carbocycles. The second-order valence-electron chi connectivity index (χ2n) is 5.04. The Hall–Kier alpha value is -2.15. The third-order valence-corrected chi connectivity index (χ3v) is 3.63. The van der Waals surface area contributed by atoms with Crippen LogP contribution in [0.1, 0.15) is 23.7 Å². The van der Waals surface area contributed by atoms with Crippen molar-refractivity contribution in [2.75, 3.05) is 18.0 Å². The van der Waals surface area contributed by atoms with Gasteiger partial charge in [-0.1, -0.05) is 6.92 Å². The fourth-order valence-corrected chi connectivity index (χ4v) is 2.42. The van der Waals surface area contributed by atoms with Crippen LogP contribution in [0.25, 0.3) is 0 Å². The normalized spacial score (nSPS) is 22.6. The van der Waals surface area contributed by atoms with Crippen molar-refractivity contribution in [3.63, 3.8) is 0 Å². The van der Waals surface area contributed by atoms with Crippen molar-refractivity contribution in [2.24, 2.45) is 5.92 Å². The lowest BCUT2D eigenvalue weighted by Gasteiger charge is -2.36. The Morgan fingerprint density at radius 2 is 2.20 bits per heavy atom. The zero-order chi connectivity index (χ0) is 14.9. The first-order chi connectivity index (χ1) is 9.40. The molecule has 2 atom stereocenters. The van der Waals surface area contributed by atoms with E-state index in [9.17, 15) is 20.0 Å². The molecule has 1 aromatic rings. The standard InChI is InChI=1S/C13H16N2O5/c1-8-7-14(5-4-12(8)16)9-2-3-11(15(19)20)10(6-9)13(17)18/h2-3,6,8,12,16H,4-5,7H2,1H3,(H,17,18). The van der Waals surface area contributed by atoms with Crippen LogP contribution in [0.15, 0.2) is 18.2 Å². The molecular formula is C13H16N2O5. The quantitative estimate of drug-likeness (QED) is 0.642. The SMILES string of the molecule is CC1CN(c2ccc([N+](=O)[O-])c(C(=O)O)c2)CCC1O. The second kappa shape index (κ2) is 5.46. The highest BCUT2D eigenvalue weighted by Gasteiger charge is 2.26. The number of aliphatic hydroxyl groups excluding tert-OH is 1. The van der Waals surface area contributed by atoms with Crippen LogP contribution < -0.4 is 4.90 Å². The molecule has 1 heterocycles. The molecule has 1 saturated heterocycles. The number of aliphatic hydroxyl groups is 1. The van der Waals surface area contributed by atoms with Gasteiger partial charge < -0.3 is 15.1 Å². The van der Waals surface area contributed by atoms with Crippen molar-refractivity contribution in [3.8, 4) is 0 Å². The number of hydrogen-bond donors (Lipinski definition) is 2. The lowest BCUT2D eigenvalue weighted by molar-refractivity contribution is -0.385. The van der Waals surface area contributed by atoms with Gasteiger partial charge in [0.25, 0.3) is 5.69 Å². The Morgan fingerprint density at radius 1 is 1.50 bits per heavy atom. The Kier molecular flexibility index (Phi) is 3.89. The number of carboxylic acid groups (broad SMARTS) is 1. The summed E-state index contributed by atoms with van der Waals surface area (Å²) in [5, 5.41) is 29.6. The summed E-state index contributed by atoms with van der Waals surface area (Å²) >= 11 is 0.